The molecule has 0 radical (unpaired) electrons. The standard InChI is InChI=1S/C15H21N5O3S/c1-19-10-12(9-13(19)15(16)21)24(22,23)18-14-7-8-20(17-14)11-5-3-2-4-6-11/h7-11H,2-6H2,1H3,(H2,16,21)(H,17,18). The SMILES string of the molecule is Cn1cc(S(=O)(=O)Nc2ccn(C3CCCCC3)n2)cc1C(N)=O. The Hall–Kier alpha value is -2.29. The molecule has 1 aliphatic rings. The number of nitrogens with one attached hydrogen (secondary N) is 1. The van der Waals surface area contributed by atoms with Gasteiger partial charge in [0.25, 0.3) is 15.9 Å². The Balaban J connectivity index is 1.78. The summed E-state index contributed by atoms with van der Waals surface area (Å²) in [6.07, 6.45) is 8.86. The maximum Gasteiger partial charge on any atom is 0.265 e. The van der Waals surface area contributed by atoms with Crippen molar-refractivity contribution in [2.75, 3.05) is 4.72 Å². The van der Waals surface area contributed by atoms with Crippen LogP contribution in [0.25, 0.3) is 0 Å². The van der Waals surface area contributed by atoms with Crippen LogP contribution in [-0.2, 0) is 17.1 Å². The van der Waals surface area contributed by atoms with Crippen molar-refractivity contribution in [2.24, 2.45) is 12.8 Å². The number of hydrogen-bond acceptors (Lipinski definition) is 4. The van der Waals surface area contributed by atoms with E-state index in [4.69, 9.17) is 5.73 Å². The van der Waals surface area contributed by atoms with Gasteiger partial charge in [-0.1, -0.05) is 19.3 Å². The van der Waals surface area contributed by atoms with Crippen LogP contribution in [-0.4, -0.2) is 28.7 Å². The topological polar surface area (TPSA) is 112 Å². The zero-order valence-corrected chi connectivity index (χ0v) is 14.3. The first-order valence-corrected chi connectivity index (χ1v) is 9.39. The summed E-state index contributed by atoms with van der Waals surface area (Å²) in [5.74, 6) is -0.412. The summed E-state index contributed by atoms with van der Waals surface area (Å²) in [4.78, 5) is 11.2. The van der Waals surface area contributed by atoms with E-state index in [9.17, 15) is 13.2 Å². The molecule has 2 aromatic heterocycles. The average Bonchev–Trinajstić information content (AvgIpc) is 3.15. The van der Waals surface area contributed by atoms with E-state index in [1.807, 2.05) is 4.68 Å². The van der Waals surface area contributed by atoms with E-state index < -0.39 is 15.9 Å². The number of nitrogens with zero attached hydrogens (tertiary/aromatic N) is 3. The van der Waals surface area contributed by atoms with Gasteiger partial charge in [-0.05, 0) is 18.9 Å². The van der Waals surface area contributed by atoms with Crippen LogP contribution < -0.4 is 10.5 Å². The molecular weight excluding hydrogens is 330 g/mol. The van der Waals surface area contributed by atoms with Gasteiger partial charge in [0, 0.05) is 25.5 Å². The van der Waals surface area contributed by atoms with Crippen molar-refractivity contribution in [1.29, 1.82) is 0 Å². The molecular formula is C15H21N5O3S. The number of carbonyl (C=O) groups is 1. The minimum atomic E-state index is -3.82. The largest absolute Gasteiger partial charge is 0.364 e. The third kappa shape index (κ3) is 3.30. The van der Waals surface area contributed by atoms with E-state index in [-0.39, 0.29) is 16.4 Å². The maximum absolute atomic E-state index is 12.4. The summed E-state index contributed by atoms with van der Waals surface area (Å²) >= 11 is 0. The Morgan fingerprint density at radius 3 is 2.67 bits per heavy atom. The summed E-state index contributed by atoms with van der Waals surface area (Å²) < 4.78 is 30.6. The van der Waals surface area contributed by atoms with Crippen LogP contribution in [0.4, 0.5) is 5.82 Å². The Morgan fingerprint density at radius 1 is 1.33 bits per heavy atom. The summed E-state index contributed by atoms with van der Waals surface area (Å²) in [5, 5.41) is 4.34. The molecule has 8 nitrogen and oxygen atoms in total. The van der Waals surface area contributed by atoms with Crippen LogP contribution in [0.1, 0.15) is 48.6 Å². The van der Waals surface area contributed by atoms with Crippen LogP contribution in [0.15, 0.2) is 29.4 Å². The first-order chi connectivity index (χ1) is 11.4. The molecule has 1 amide bonds. The number of rotatable bonds is 5. The Morgan fingerprint density at radius 2 is 2.04 bits per heavy atom. The molecule has 0 unspecified atom stereocenters. The fourth-order valence-corrected chi connectivity index (χ4v) is 4.13. The third-order valence-corrected chi connectivity index (χ3v) is 5.66. The summed E-state index contributed by atoms with van der Waals surface area (Å²) in [5.41, 5.74) is 5.35. The number of hydrogen-bond donors (Lipinski definition) is 2. The lowest BCUT2D eigenvalue weighted by Gasteiger charge is -2.21. The van der Waals surface area contributed by atoms with Gasteiger partial charge in [0.05, 0.1) is 6.04 Å². The zero-order valence-electron chi connectivity index (χ0n) is 13.5. The van der Waals surface area contributed by atoms with Crippen LogP contribution in [0.5, 0.6) is 0 Å². The summed E-state index contributed by atoms with van der Waals surface area (Å²) in [6, 6.07) is 3.22. The highest BCUT2D eigenvalue weighted by molar-refractivity contribution is 7.92. The van der Waals surface area contributed by atoms with Crippen LogP contribution in [0, 0.1) is 0 Å². The number of nitrogens with two attached hydrogens (primary N) is 1. The minimum absolute atomic E-state index is 0.0222. The molecule has 0 saturated heterocycles. The molecule has 0 bridgehead atoms. The summed E-state index contributed by atoms with van der Waals surface area (Å²) in [6.45, 7) is 0. The monoisotopic (exact) mass is 351 g/mol. The van der Waals surface area contributed by atoms with Crippen molar-refractivity contribution in [2.45, 2.75) is 43.0 Å². The molecule has 130 valence electrons. The third-order valence-electron chi connectivity index (χ3n) is 4.34. The van der Waals surface area contributed by atoms with Crippen LogP contribution in [0.3, 0.4) is 0 Å². The van der Waals surface area contributed by atoms with E-state index in [1.54, 1.807) is 19.3 Å². The van der Waals surface area contributed by atoms with Gasteiger partial charge in [-0.25, -0.2) is 8.42 Å². The van der Waals surface area contributed by atoms with Crippen molar-refractivity contribution in [3.63, 3.8) is 0 Å². The number of aromatic nitrogens is 3. The number of aryl methyl sites for hydroxylation is 1. The van der Waals surface area contributed by atoms with E-state index in [0.29, 0.717) is 6.04 Å². The number of anilines is 1. The lowest BCUT2D eigenvalue weighted by molar-refractivity contribution is 0.0992. The number of sulfonamides is 1. The van der Waals surface area contributed by atoms with Crippen LogP contribution in [0.2, 0.25) is 0 Å². The molecule has 1 fully saturated rings. The number of carbonyl (C=O) groups excluding carboxylic acids is 1. The Labute approximate surface area is 140 Å². The van der Waals surface area contributed by atoms with E-state index >= 15 is 0 Å². The molecule has 24 heavy (non-hydrogen) atoms. The second kappa shape index (κ2) is 6.31. The zero-order chi connectivity index (χ0) is 17.3. The van der Waals surface area contributed by atoms with Crippen molar-refractivity contribution in [3.8, 4) is 0 Å². The highest BCUT2D eigenvalue weighted by atomic mass is 32.2. The molecule has 0 atom stereocenters. The molecule has 1 aliphatic carbocycles. The molecule has 1 saturated carbocycles. The van der Waals surface area contributed by atoms with Gasteiger partial charge in [0.2, 0.25) is 0 Å². The average molecular weight is 351 g/mol. The van der Waals surface area contributed by atoms with Gasteiger partial charge in [-0.15, -0.1) is 0 Å². The number of primary amides is 1. The molecule has 3 rings (SSSR count). The highest BCUT2D eigenvalue weighted by Crippen LogP contribution is 2.28. The Bertz CT molecular complexity index is 846. The first kappa shape index (κ1) is 16.6. The van der Waals surface area contributed by atoms with E-state index in [2.05, 4.69) is 9.82 Å². The second-order valence-electron chi connectivity index (χ2n) is 6.11. The lowest BCUT2D eigenvalue weighted by atomic mass is 9.96. The Kier molecular flexibility index (Phi) is 4.35. The molecule has 0 spiro atoms. The molecule has 0 aliphatic heterocycles. The highest BCUT2D eigenvalue weighted by Gasteiger charge is 2.21. The van der Waals surface area contributed by atoms with E-state index in [1.165, 1.54) is 36.1 Å². The lowest BCUT2D eigenvalue weighted by Crippen LogP contribution is -2.16. The predicted molar refractivity (Wildman–Crippen MR) is 89.1 cm³/mol. The normalized spacial score (nSPS) is 16.2. The molecule has 9 heteroatoms. The summed E-state index contributed by atoms with van der Waals surface area (Å²) in [7, 11) is -2.25. The fourth-order valence-electron chi connectivity index (χ4n) is 3.06. The van der Waals surface area contributed by atoms with Crippen molar-refractivity contribution in [3.05, 3.63) is 30.2 Å². The molecule has 2 aromatic rings. The van der Waals surface area contributed by atoms with Gasteiger partial charge in [0.15, 0.2) is 5.82 Å². The second-order valence-corrected chi connectivity index (χ2v) is 7.80. The number of amides is 1. The van der Waals surface area contributed by atoms with Crippen molar-refractivity contribution < 1.29 is 13.2 Å². The van der Waals surface area contributed by atoms with Gasteiger partial charge >= 0.3 is 0 Å². The minimum Gasteiger partial charge on any atom is -0.364 e. The molecule has 2 heterocycles. The van der Waals surface area contributed by atoms with Crippen molar-refractivity contribution >= 4 is 21.7 Å². The maximum atomic E-state index is 12.4. The quantitative estimate of drug-likeness (QED) is 0.852. The predicted octanol–water partition coefficient (Wildman–Crippen LogP) is 1.63. The smallest absolute Gasteiger partial charge is 0.265 e. The first-order valence-electron chi connectivity index (χ1n) is 7.91. The van der Waals surface area contributed by atoms with Crippen LogP contribution >= 0.6 is 0 Å². The van der Waals surface area contributed by atoms with E-state index in [0.717, 1.165) is 12.8 Å². The van der Waals surface area contributed by atoms with Gasteiger partial charge < -0.3 is 10.3 Å². The van der Waals surface area contributed by atoms with Gasteiger partial charge in [-0.2, -0.15) is 5.10 Å². The molecule has 0 aromatic carbocycles. The van der Waals surface area contributed by atoms with Crippen molar-refractivity contribution in [1.82, 2.24) is 14.3 Å². The van der Waals surface area contributed by atoms with Gasteiger partial charge in [-0.3, -0.25) is 14.2 Å². The molecule has 3 N–H and O–H groups in total. The fraction of sp³-hybridized carbons (Fsp3) is 0.467. The van der Waals surface area contributed by atoms with Gasteiger partial charge in [0.1, 0.15) is 10.6 Å².